The predicted octanol–water partition coefficient (Wildman–Crippen LogP) is 0.877. The minimum Gasteiger partial charge on any atom is -0.358 e. The molecule has 1 aromatic rings. The quantitative estimate of drug-likeness (QED) is 0.776. The highest BCUT2D eigenvalue weighted by atomic mass is 15.2. The van der Waals surface area contributed by atoms with Gasteiger partial charge in [0, 0.05) is 31.4 Å². The van der Waals surface area contributed by atoms with E-state index in [9.17, 15) is 0 Å². The number of aromatic nitrogens is 2. The van der Waals surface area contributed by atoms with Gasteiger partial charge in [-0.05, 0) is 20.8 Å². The van der Waals surface area contributed by atoms with Crippen LogP contribution in [0.4, 0.5) is 5.82 Å². The fraction of sp³-hybridized carbons (Fsp3) is 0.600. The zero-order valence-electron chi connectivity index (χ0n) is 9.28. The van der Waals surface area contributed by atoms with Gasteiger partial charge in [-0.25, -0.2) is 9.97 Å². The maximum atomic E-state index is 5.72. The van der Waals surface area contributed by atoms with Crippen LogP contribution in [0.2, 0.25) is 0 Å². The third-order valence-electron chi connectivity index (χ3n) is 1.91. The van der Waals surface area contributed by atoms with Crippen molar-refractivity contribution < 1.29 is 0 Å². The largest absolute Gasteiger partial charge is 0.358 e. The summed E-state index contributed by atoms with van der Waals surface area (Å²) in [5.74, 6) is 1.74. The first-order valence-electron chi connectivity index (χ1n) is 4.78. The topological polar surface area (TPSA) is 55.0 Å². The highest BCUT2D eigenvalue weighted by Crippen LogP contribution is 2.10. The van der Waals surface area contributed by atoms with Crippen LogP contribution in [0.25, 0.3) is 0 Å². The van der Waals surface area contributed by atoms with Crippen LogP contribution in [-0.4, -0.2) is 29.6 Å². The Balaban J connectivity index is 2.84. The lowest BCUT2D eigenvalue weighted by atomic mass is 10.3. The minimum atomic E-state index is 0.149. The number of nitrogens with zero attached hydrogens (tertiary/aromatic N) is 3. The van der Waals surface area contributed by atoms with Crippen LogP contribution in [0, 0.1) is 13.8 Å². The molecule has 1 heterocycles. The van der Waals surface area contributed by atoms with Gasteiger partial charge in [-0.3, -0.25) is 0 Å². The van der Waals surface area contributed by atoms with Gasteiger partial charge in [0.05, 0.1) is 0 Å². The Morgan fingerprint density at radius 3 is 2.57 bits per heavy atom. The zero-order chi connectivity index (χ0) is 10.7. The van der Waals surface area contributed by atoms with Crippen molar-refractivity contribution in [2.24, 2.45) is 5.73 Å². The van der Waals surface area contributed by atoms with Crippen molar-refractivity contribution >= 4 is 5.82 Å². The Kier molecular flexibility index (Phi) is 3.41. The molecular formula is C10H18N4. The molecule has 0 radical (unpaired) electrons. The van der Waals surface area contributed by atoms with E-state index in [0.29, 0.717) is 0 Å². The fourth-order valence-corrected chi connectivity index (χ4v) is 1.42. The molecule has 1 aromatic heterocycles. The molecule has 1 atom stereocenters. The first-order chi connectivity index (χ1) is 6.49. The molecule has 0 fully saturated rings. The average Bonchev–Trinajstić information content (AvgIpc) is 2.00. The second-order valence-electron chi connectivity index (χ2n) is 3.77. The van der Waals surface area contributed by atoms with Crippen molar-refractivity contribution in [1.29, 1.82) is 0 Å². The van der Waals surface area contributed by atoms with E-state index in [0.717, 1.165) is 23.9 Å². The summed E-state index contributed by atoms with van der Waals surface area (Å²) in [7, 11) is 1.99. The maximum absolute atomic E-state index is 5.72. The normalized spacial score (nSPS) is 12.6. The molecule has 0 aliphatic carbocycles. The molecule has 0 saturated carbocycles. The van der Waals surface area contributed by atoms with Crippen molar-refractivity contribution in [2.75, 3.05) is 18.5 Å². The van der Waals surface area contributed by atoms with Crippen LogP contribution in [0.15, 0.2) is 6.07 Å². The summed E-state index contributed by atoms with van der Waals surface area (Å²) in [5.41, 5.74) is 6.71. The third-order valence-corrected chi connectivity index (χ3v) is 1.91. The van der Waals surface area contributed by atoms with Crippen molar-refractivity contribution in [3.8, 4) is 0 Å². The Bertz CT molecular complexity index is 289. The number of anilines is 1. The standard InChI is InChI=1S/C10H18N4/c1-7(11)6-14(4)10-5-8(2)12-9(3)13-10/h5,7H,6,11H2,1-4H3. The SMILES string of the molecule is Cc1cc(N(C)CC(C)N)nc(C)n1. The molecule has 0 aliphatic rings. The first kappa shape index (κ1) is 10.9. The van der Waals surface area contributed by atoms with Crippen LogP contribution in [0.5, 0.6) is 0 Å². The van der Waals surface area contributed by atoms with Gasteiger partial charge < -0.3 is 10.6 Å². The van der Waals surface area contributed by atoms with Crippen LogP contribution in [-0.2, 0) is 0 Å². The van der Waals surface area contributed by atoms with Gasteiger partial charge in [0.25, 0.3) is 0 Å². The molecule has 1 rings (SSSR count). The van der Waals surface area contributed by atoms with Gasteiger partial charge in [0.15, 0.2) is 0 Å². The summed E-state index contributed by atoms with van der Waals surface area (Å²) in [6.07, 6.45) is 0. The molecule has 0 aromatic carbocycles. The molecule has 14 heavy (non-hydrogen) atoms. The lowest BCUT2D eigenvalue weighted by Crippen LogP contribution is -2.33. The summed E-state index contributed by atoms with van der Waals surface area (Å²) in [4.78, 5) is 10.6. The van der Waals surface area contributed by atoms with Crippen LogP contribution in [0.3, 0.4) is 0 Å². The van der Waals surface area contributed by atoms with Crippen molar-refractivity contribution in [2.45, 2.75) is 26.8 Å². The second-order valence-corrected chi connectivity index (χ2v) is 3.77. The molecule has 2 N–H and O–H groups in total. The highest BCUT2D eigenvalue weighted by Gasteiger charge is 2.06. The summed E-state index contributed by atoms with van der Waals surface area (Å²) in [5, 5.41) is 0. The molecular weight excluding hydrogens is 176 g/mol. The summed E-state index contributed by atoms with van der Waals surface area (Å²) in [6.45, 7) is 6.65. The lowest BCUT2D eigenvalue weighted by Gasteiger charge is -2.20. The van der Waals surface area contributed by atoms with Gasteiger partial charge >= 0.3 is 0 Å². The van der Waals surface area contributed by atoms with E-state index < -0.39 is 0 Å². The molecule has 0 bridgehead atoms. The molecule has 0 saturated heterocycles. The summed E-state index contributed by atoms with van der Waals surface area (Å²) in [6, 6.07) is 2.12. The average molecular weight is 194 g/mol. The van der Waals surface area contributed by atoms with Gasteiger partial charge in [-0.15, -0.1) is 0 Å². The van der Waals surface area contributed by atoms with E-state index >= 15 is 0 Å². The Labute approximate surface area is 85.2 Å². The van der Waals surface area contributed by atoms with Gasteiger partial charge in [0.2, 0.25) is 0 Å². The fourth-order valence-electron chi connectivity index (χ4n) is 1.42. The minimum absolute atomic E-state index is 0.149. The maximum Gasteiger partial charge on any atom is 0.132 e. The van der Waals surface area contributed by atoms with Gasteiger partial charge in [-0.1, -0.05) is 0 Å². The third kappa shape index (κ3) is 2.96. The van der Waals surface area contributed by atoms with Crippen LogP contribution in [0.1, 0.15) is 18.4 Å². The number of nitrogens with two attached hydrogens (primary N) is 1. The van der Waals surface area contributed by atoms with Crippen molar-refractivity contribution in [3.63, 3.8) is 0 Å². The van der Waals surface area contributed by atoms with E-state index in [2.05, 4.69) is 9.97 Å². The zero-order valence-corrected chi connectivity index (χ0v) is 9.28. The van der Waals surface area contributed by atoms with Crippen LogP contribution >= 0.6 is 0 Å². The first-order valence-corrected chi connectivity index (χ1v) is 4.78. The monoisotopic (exact) mass is 194 g/mol. The molecule has 78 valence electrons. The molecule has 0 amide bonds. The van der Waals surface area contributed by atoms with E-state index in [1.807, 2.05) is 38.8 Å². The number of aryl methyl sites for hydroxylation is 2. The van der Waals surface area contributed by atoms with Gasteiger partial charge in [-0.2, -0.15) is 0 Å². The van der Waals surface area contributed by atoms with Crippen molar-refractivity contribution in [3.05, 3.63) is 17.6 Å². The van der Waals surface area contributed by atoms with E-state index in [-0.39, 0.29) is 6.04 Å². The van der Waals surface area contributed by atoms with Crippen molar-refractivity contribution in [1.82, 2.24) is 9.97 Å². The number of hydrogen-bond acceptors (Lipinski definition) is 4. The summed E-state index contributed by atoms with van der Waals surface area (Å²) >= 11 is 0. The van der Waals surface area contributed by atoms with E-state index in [4.69, 9.17) is 5.73 Å². The second kappa shape index (κ2) is 4.37. The van der Waals surface area contributed by atoms with E-state index in [1.54, 1.807) is 0 Å². The Hall–Kier alpha value is -1.16. The molecule has 4 nitrogen and oxygen atoms in total. The van der Waals surface area contributed by atoms with Crippen LogP contribution < -0.4 is 10.6 Å². The molecule has 0 aliphatic heterocycles. The summed E-state index contributed by atoms with van der Waals surface area (Å²) < 4.78 is 0. The predicted molar refractivity (Wildman–Crippen MR) is 58.4 cm³/mol. The van der Waals surface area contributed by atoms with Gasteiger partial charge in [0.1, 0.15) is 11.6 Å². The lowest BCUT2D eigenvalue weighted by molar-refractivity contribution is 0.709. The Morgan fingerprint density at radius 1 is 1.43 bits per heavy atom. The van der Waals surface area contributed by atoms with E-state index in [1.165, 1.54) is 0 Å². The Morgan fingerprint density at radius 2 is 2.07 bits per heavy atom. The highest BCUT2D eigenvalue weighted by molar-refractivity contribution is 5.38. The molecule has 1 unspecified atom stereocenters. The number of rotatable bonds is 3. The number of hydrogen-bond donors (Lipinski definition) is 1. The molecule has 0 spiro atoms. The smallest absolute Gasteiger partial charge is 0.132 e. The number of likely N-dealkylation sites (N-methyl/N-ethyl adjacent to an activating group) is 1. The molecule has 4 heteroatoms.